The molecule has 0 aromatic heterocycles. The van der Waals surface area contributed by atoms with E-state index in [1.54, 1.807) is 0 Å². The molecule has 0 saturated heterocycles. The number of benzene rings is 1. The first-order chi connectivity index (χ1) is 12.0. The van der Waals surface area contributed by atoms with E-state index in [0.29, 0.717) is 0 Å². The molecule has 1 aromatic carbocycles. The Labute approximate surface area is 162 Å². The number of hydrogen-bond acceptors (Lipinski definition) is 4. The highest BCUT2D eigenvalue weighted by Crippen LogP contribution is 2.36. The summed E-state index contributed by atoms with van der Waals surface area (Å²) in [6.07, 6.45) is 0. The molecule has 1 atom stereocenters. The van der Waals surface area contributed by atoms with Crippen molar-refractivity contribution in [3.8, 4) is 0 Å². The van der Waals surface area contributed by atoms with Crippen LogP contribution in [0.3, 0.4) is 0 Å². The molecule has 0 heterocycles. The van der Waals surface area contributed by atoms with Crippen molar-refractivity contribution >= 4 is 31.8 Å². The molecule has 1 aromatic rings. The summed E-state index contributed by atoms with van der Waals surface area (Å²) in [4.78, 5) is 26.3. The molecule has 0 spiro atoms. The van der Waals surface area contributed by atoms with Crippen molar-refractivity contribution in [3.05, 3.63) is 35.9 Å². The van der Waals surface area contributed by atoms with Crippen LogP contribution >= 0.6 is 11.6 Å². The average molecular weight is 400 g/mol. The fourth-order valence-corrected chi connectivity index (χ4v) is 3.32. The smallest absolute Gasteiger partial charge is 0.330 e. The zero-order valence-corrected chi connectivity index (χ0v) is 18.3. The standard InChI is InChI=1S/C19H30ClNO4Si/c1-19(2,3)26(5,6)25-14-16(18(23)24-4)21(17(22)12-20)13-15-10-8-7-9-11-15/h7-11,16H,12-14H2,1-6H3. The number of carbonyl (C=O) groups excluding carboxylic acids is 2. The SMILES string of the molecule is COC(=O)C(CO[Si](C)(C)C(C)(C)C)N(Cc1ccccc1)C(=O)CCl. The number of esters is 1. The largest absolute Gasteiger partial charge is 0.467 e. The third-order valence-corrected chi connectivity index (χ3v) is 9.62. The Morgan fingerprint density at radius 3 is 2.23 bits per heavy atom. The summed E-state index contributed by atoms with van der Waals surface area (Å²) < 4.78 is 11.1. The molecule has 0 bridgehead atoms. The Balaban J connectivity index is 3.08. The normalized spacial score (nSPS) is 13.2. The van der Waals surface area contributed by atoms with E-state index in [0.717, 1.165) is 5.56 Å². The molecule has 1 unspecified atom stereocenters. The van der Waals surface area contributed by atoms with Gasteiger partial charge in [0.25, 0.3) is 0 Å². The highest BCUT2D eigenvalue weighted by molar-refractivity contribution is 6.74. The molecule has 7 heteroatoms. The van der Waals surface area contributed by atoms with Gasteiger partial charge >= 0.3 is 5.97 Å². The molecule has 0 aliphatic rings. The minimum atomic E-state index is -2.09. The van der Waals surface area contributed by atoms with Gasteiger partial charge in [0.15, 0.2) is 14.4 Å². The molecule has 0 aliphatic carbocycles. The number of hydrogen-bond donors (Lipinski definition) is 0. The second-order valence-electron chi connectivity index (χ2n) is 7.75. The van der Waals surface area contributed by atoms with E-state index in [1.807, 2.05) is 30.3 Å². The van der Waals surface area contributed by atoms with E-state index in [1.165, 1.54) is 12.0 Å². The Bertz CT molecular complexity index is 601. The summed E-state index contributed by atoms with van der Waals surface area (Å²) >= 11 is 5.79. The summed E-state index contributed by atoms with van der Waals surface area (Å²) in [5, 5.41) is -0.00553. The molecule has 1 rings (SSSR count). The third-order valence-electron chi connectivity index (χ3n) is 4.89. The number of carbonyl (C=O) groups is 2. The van der Waals surface area contributed by atoms with Gasteiger partial charge in [-0.1, -0.05) is 51.1 Å². The van der Waals surface area contributed by atoms with Gasteiger partial charge in [0.2, 0.25) is 5.91 Å². The van der Waals surface area contributed by atoms with Crippen molar-refractivity contribution < 1.29 is 18.8 Å². The first-order valence-electron chi connectivity index (χ1n) is 8.64. The molecule has 26 heavy (non-hydrogen) atoms. The van der Waals surface area contributed by atoms with Crippen molar-refractivity contribution in [2.45, 2.75) is 51.5 Å². The van der Waals surface area contributed by atoms with Crippen LogP contribution in [0.1, 0.15) is 26.3 Å². The summed E-state index contributed by atoms with van der Waals surface area (Å²) in [5.74, 6) is -1.04. The molecule has 1 amide bonds. The van der Waals surface area contributed by atoms with Gasteiger partial charge in [-0.2, -0.15) is 0 Å². The summed E-state index contributed by atoms with van der Waals surface area (Å²) in [7, 11) is -0.775. The highest BCUT2D eigenvalue weighted by atomic mass is 35.5. The van der Waals surface area contributed by atoms with Gasteiger partial charge in [-0.25, -0.2) is 4.79 Å². The fraction of sp³-hybridized carbons (Fsp3) is 0.579. The zero-order chi connectivity index (χ0) is 20.0. The maximum Gasteiger partial charge on any atom is 0.330 e. The second kappa shape index (κ2) is 9.53. The third kappa shape index (κ3) is 6.11. The lowest BCUT2D eigenvalue weighted by atomic mass is 10.1. The number of alkyl halides is 1. The first-order valence-corrected chi connectivity index (χ1v) is 12.1. The van der Waals surface area contributed by atoms with Crippen LogP contribution in [0.15, 0.2) is 30.3 Å². The zero-order valence-electron chi connectivity index (χ0n) is 16.5. The summed E-state index contributed by atoms with van der Waals surface area (Å²) in [6, 6.07) is 8.64. The van der Waals surface area contributed by atoms with Crippen LogP contribution in [0.5, 0.6) is 0 Å². The van der Waals surface area contributed by atoms with Crippen molar-refractivity contribution in [2.75, 3.05) is 19.6 Å². The van der Waals surface area contributed by atoms with Gasteiger partial charge in [-0.05, 0) is 23.7 Å². The topological polar surface area (TPSA) is 55.8 Å². The van der Waals surface area contributed by atoms with Gasteiger partial charge in [-0.15, -0.1) is 11.6 Å². The quantitative estimate of drug-likeness (QED) is 0.379. The van der Waals surface area contributed by atoms with Crippen molar-refractivity contribution in [1.29, 1.82) is 0 Å². The Morgan fingerprint density at radius 2 is 1.77 bits per heavy atom. The van der Waals surface area contributed by atoms with E-state index in [-0.39, 0.29) is 30.0 Å². The lowest BCUT2D eigenvalue weighted by Gasteiger charge is -2.38. The predicted octanol–water partition coefficient (Wildman–Crippen LogP) is 3.82. The van der Waals surface area contributed by atoms with Gasteiger partial charge in [0.05, 0.1) is 13.7 Å². The number of rotatable bonds is 8. The van der Waals surface area contributed by atoms with E-state index in [4.69, 9.17) is 20.8 Å². The molecule has 0 fully saturated rings. The number of nitrogens with zero attached hydrogens (tertiary/aromatic N) is 1. The Kier molecular flexibility index (Phi) is 8.31. The maximum absolute atomic E-state index is 12.4. The lowest BCUT2D eigenvalue weighted by Crippen LogP contribution is -2.51. The molecule has 0 radical (unpaired) electrons. The van der Waals surface area contributed by atoms with Crippen molar-refractivity contribution in [1.82, 2.24) is 4.90 Å². The summed E-state index contributed by atoms with van der Waals surface area (Å²) in [6.45, 7) is 10.9. The molecule has 0 N–H and O–H groups in total. The van der Waals surface area contributed by atoms with Crippen LogP contribution in [-0.4, -0.2) is 50.7 Å². The Morgan fingerprint density at radius 1 is 1.19 bits per heavy atom. The van der Waals surface area contributed by atoms with E-state index in [9.17, 15) is 9.59 Å². The van der Waals surface area contributed by atoms with Gasteiger partial charge < -0.3 is 14.1 Å². The lowest BCUT2D eigenvalue weighted by molar-refractivity contribution is -0.154. The molecular formula is C19H30ClNO4Si. The minimum absolute atomic E-state index is 0.00553. The molecule has 0 aliphatic heterocycles. The monoisotopic (exact) mass is 399 g/mol. The molecule has 5 nitrogen and oxygen atoms in total. The highest BCUT2D eigenvalue weighted by Gasteiger charge is 2.40. The predicted molar refractivity (Wildman–Crippen MR) is 107 cm³/mol. The van der Waals surface area contributed by atoms with Crippen molar-refractivity contribution in [2.24, 2.45) is 0 Å². The van der Waals surface area contributed by atoms with Crippen molar-refractivity contribution in [3.63, 3.8) is 0 Å². The van der Waals surface area contributed by atoms with Crippen LogP contribution in [0, 0.1) is 0 Å². The van der Waals surface area contributed by atoms with Crippen LogP contribution in [0.2, 0.25) is 18.1 Å². The van der Waals surface area contributed by atoms with E-state index < -0.39 is 20.3 Å². The van der Waals surface area contributed by atoms with Gasteiger partial charge in [0.1, 0.15) is 5.88 Å². The molecular weight excluding hydrogens is 370 g/mol. The average Bonchev–Trinajstić information content (AvgIpc) is 2.59. The first kappa shape index (κ1) is 22.7. The number of methoxy groups -OCH3 is 1. The number of halogens is 1. The second-order valence-corrected chi connectivity index (χ2v) is 12.8. The van der Waals surface area contributed by atoms with E-state index in [2.05, 4.69) is 33.9 Å². The van der Waals surface area contributed by atoms with Crippen LogP contribution in [-0.2, 0) is 25.3 Å². The van der Waals surface area contributed by atoms with Crippen LogP contribution in [0.25, 0.3) is 0 Å². The fourth-order valence-electron chi connectivity index (χ4n) is 2.15. The number of ether oxygens (including phenoxy) is 1. The molecule has 0 saturated carbocycles. The number of amides is 1. The minimum Gasteiger partial charge on any atom is -0.467 e. The van der Waals surface area contributed by atoms with Gasteiger partial charge in [-0.3, -0.25) is 4.79 Å². The van der Waals surface area contributed by atoms with Gasteiger partial charge in [0, 0.05) is 6.54 Å². The van der Waals surface area contributed by atoms with E-state index >= 15 is 0 Å². The van der Waals surface area contributed by atoms with Crippen LogP contribution < -0.4 is 0 Å². The Hall–Kier alpha value is -1.37. The maximum atomic E-state index is 12.4. The summed E-state index contributed by atoms with van der Waals surface area (Å²) in [5.41, 5.74) is 0.909. The molecule has 146 valence electrons. The van der Waals surface area contributed by atoms with Crippen LogP contribution in [0.4, 0.5) is 0 Å².